The van der Waals surface area contributed by atoms with Gasteiger partial charge in [-0.25, -0.2) is 0 Å². The van der Waals surface area contributed by atoms with Crippen molar-refractivity contribution in [3.8, 4) is 0 Å². The van der Waals surface area contributed by atoms with Crippen molar-refractivity contribution in [1.82, 2.24) is 10.2 Å². The molecule has 1 unspecified atom stereocenters. The fourth-order valence-corrected chi connectivity index (χ4v) is 3.32. The molecule has 1 atom stereocenters. The van der Waals surface area contributed by atoms with Crippen LogP contribution in [-0.2, 0) is 6.54 Å². The second-order valence-electron chi connectivity index (χ2n) is 6.22. The molecule has 1 fully saturated rings. The van der Waals surface area contributed by atoms with Crippen LogP contribution >= 0.6 is 11.6 Å². The third-order valence-electron chi connectivity index (χ3n) is 4.84. The van der Waals surface area contributed by atoms with E-state index >= 15 is 0 Å². The van der Waals surface area contributed by atoms with Crippen molar-refractivity contribution in [3.05, 3.63) is 34.3 Å². The minimum Gasteiger partial charge on any atom is -0.308 e. The SMILES string of the molecule is CCC1(CC)CN(Cc2ccc(C)cc2Cl)C(C)CN1. The fourth-order valence-electron chi connectivity index (χ4n) is 3.03. The largest absolute Gasteiger partial charge is 0.308 e. The van der Waals surface area contributed by atoms with E-state index in [0.29, 0.717) is 6.04 Å². The highest BCUT2D eigenvalue weighted by Gasteiger charge is 2.34. The van der Waals surface area contributed by atoms with Gasteiger partial charge in [-0.15, -0.1) is 0 Å². The van der Waals surface area contributed by atoms with Gasteiger partial charge in [-0.2, -0.15) is 0 Å². The summed E-state index contributed by atoms with van der Waals surface area (Å²) < 4.78 is 0. The summed E-state index contributed by atoms with van der Waals surface area (Å²) in [4.78, 5) is 2.57. The van der Waals surface area contributed by atoms with Crippen LogP contribution in [0.25, 0.3) is 0 Å². The molecule has 0 amide bonds. The molecule has 2 rings (SSSR count). The number of aryl methyl sites for hydroxylation is 1. The predicted octanol–water partition coefficient (Wildman–Crippen LogP) is 4.00. The number of benzene rings is 1. The van der Waals surface area contributed by atoms with E-state index in [4.69, 9.17) is 11.6 Å². The molecule has 3 heteroatoms. The van der Waals surface area contributed by atoms with Crippen molar-refractivity contribution >= 4 is 11.6 Å². The van der Waals surface area contributed by atoms with Crippen LogP contribution in [0, 0.1) is 6.92 Å². The average molecular weight is 295 g/mol. The van der Waals surface area contributed by atoms with Gasteiger partial charge in [0.05, 0.1) is 0 Å². The number of piperazine rings is 1. The minimum absolute atomic E-state index is 0.268. The minimum atomic E-state index is 0.268. The molecular weight excluding hydrogens is 268 g/mol. The van der Waals surface area contributed by atoms with Crippen molar-refractivity contribution in [3.63, 3.8) is 0 Å². The molecule has 1 aliphatic rings. The first kappa shape index (κ1) is 15.8. The summed E-state index contributed by atoms with van der Waals surface area (Å²) in [5, 5.41) is 4.64. The molecule has 1 aromatic carbocycles. The molecule has 112 valence electrons. The van der Waals surface area contributed by atoms with Gasteiger partial charge in [-0.1, -0.05) is 37.6 Å². The Kier molecular flexibility index (Phi) is 5.11. The number of hydrogen-bond donors (Lipinski definition) is 1. The first-order valence-corrected chi connectivity index (χ1v) is 8.11. The quantitative estimate of drug-likeness (QED) is 0.903. The molecule has 0 aromatic heterocycles. The maximum Gasteiger partial charge on any atom is 0.0453 e. The van der Waals surface area contributed by atoms with Crippen LogP contribution in [-0.4, -0.2) is 29.6 Å². The molecule has 1 aliphatic heterocycles. The Labute approximate surface area is 128 Å². The molecule has 0 bridgehead atoms. The summed E-state index contributed by atoms with van der Waals surface area (Å²) in [5.74, 6) is 0. The molecule has 0 radical (unpaired) electrons. The first-order valence-electron chi connectivity index (χ1n) is 7.74. The first-order chi connectivity index (χ1) is 9.49. The van der Waals surface area contributed by atoms with Crippen molar-refractivity contribution in [1.29, 1.82) is 0 Å². The van der Waals surface area contributed by atoms with Crippen LogP contribution < -0.4 is 5.32 Å². The molecular formula is C17H27ClN2. The molecule has 0 aliphatic carbocycles. The highest BCUT2D eigenvalue weighted by atomic mass is 35.5. The maximum atomic E-state index is 6.39. The molecule has 2 nitrogen and oxygen atoms in total. The Morgan fingerprint density at radius 1 is 1.35 bits per heavy atom. The van der Waals surface area contributed by atoms with E-state index in [1.807, 2.05) is 0 Å². The second kappa shape index (κ2) is 6.46. The topological polar surface area (TPSA) is 15.3 Å². The molecule has 1 heterocycles. The molecule has 0 saturated carbocycles. The van der Waals surface area contributed by atoms with Gasteiger partial charge in [0.15, 0.2) is 0 Å². The number of rotatable bonds is 4. The van der Waals surface area contributed by atoms with E-state index in [-0.39, 0.29) is 5.54 Å². The molecule has 20 heavy (non-hydrogen) atoms. The van der Waals surface area contributed by atoms with Crippen LogP contribution in [0.1, 0.15) is 44.7 Å². The predicted molar refractivity (Wildman–Crippen MR) is 87.4 cm³/mol. The standard InChI is InChI=1S/C17H27ClN2/c1-5-17(6-2)12-20(14(4)10-19-17)11-15-8-7-13(3)9-16(15)18/h7-9,14,19H,5-6,10-12H2,1-4H3. The Hall–Kier alpha value is -0.570. The number of nitrogens with one attached hydrogen (secondary N) is 1. The molecule has 1 saturated heterocycles. The summed E-state index contributed by atoms with van der Waals surface area (Å²) in [5.41, 5.74) is 2.74. The van der Waals surface area contributed by atoms with Crippen molar-refractivity contribution in [2.75, 3.05) is 13.1 Å². The van der Waals surface area contributed by atoms with Crippen LogP contribution in [0.3, 0.4) is 0 Å². The van der Waals surface area contributed by atoms with Crippen LogP contribution in [0.5, 0.6) is 0 Å². The van der Waals surface area contributed by atoms with E-state index in [0.717, 1.165) is 24.7 Å². The molecule has 0 spiro atoms. The zero-order chi connectivity index (χ0) is 14.8. The van der Waals surface area contributed by atoms with Crippen LogP contribution in [0.4, 0.5) is 0 Å². The van der Waals surface area contributed by atoms with Gasteiger partial charge in [-0.3, -0.25) is 4.90 Å². The highest BCUT2D eigenvalue weighted by Crippen LogP contribution is 2.26. The van der Waals surface area contributed by atoms with Crippen molar-refractivity contribution in [2.45, 2.75) is 58.7 Å². The number of hydrogen-bond acceptors (Lipinski definition) is 2. The Morgan fingerprint density at radius 3 is 2.65 bits per heavy atom. The lowest BCUT2D eigenvalue weighted by Gasteiger charge is -2.46. The Bertz CT molecular complexity index is 454. The monoisotopic (exact) mass is 294 g/mol. The van der Waals surface area contributed by atoms with E-state index < -0.39 is 0 Å². The van der Waals surface area contributed by atoms with E-state index in [1.165, 1.54) is 24.0 Å². The molecule has 1 N–H and O–H groups in total. The van der Waals surface area contributed by atoms with Gasteiger partial charge in [-0.05, 0) is 43.9 Å². The maximum absolute atomic E-state index is 6.39. The normalized spacial score (nSPS) is 22.9. The van der Waals surface area contributed by atoms with Gasteiger partial charge in [0.1, 0.15) is 0 Å². The average Bonchev–Trinajstić information content (AvgIpc) is 2.44. The van der Waals surface area contributed by atoms with Gasteiger partial charge in [0.25, 0.3) is 0 Å². The summed E-state index contributed by atoms with van der Waals surface area (Å²) in [6.07, 6.45) is 2.35. The third kappa shape index (κ3) is 3.36. The van der Waals surface area contributed by atoms with Gasteiger partial charge >= 0.3 is 0 Å². The lowest BCUT2D eigenvalue weighted by Crippen LogP contribution is -2.62. The highest BCUT2D eigenvalue weighted by molar-refractivity contribution is 6.31. The summed E-state index contributed by atoms with van der Waals surface area (Å²) >= 11 is 6.39. The Morgan fingerprint density at radius 2 is 2.05 bits per heavy atom. The van der Waals surface area contributed by atoms with Gasteiger partial charge in [0, 0.05) is 36.2 Å². The van der Waals surface area contributed by atoms with E-state index in [9.17, 15) is 0 Å². The van der Waals surface area contributed by atoms with Crippen molar-refractivity contribution < 1.29 is 0 Å². The third-order valence-corrected chi connectivity index (χ3v) is 5.19. The zero-order valence-electron chi connectivity index (χ0n) is 13.2. The molecule has 1 aromatic rings. The smallest absolute Gasteiger partial charge is 0.0453 e. The summed E-state index contributed by atoms with van der Waals surface area (Å²) in [6, 6.07) is 6.95. The van der Waals surface area contributed by atoms with Crippen LogP contribution in [0.15, 0.2) is 18.2 Å². The van der Waals surface area contributed by atoms with Crippen LogP contribution in [0.2, 0.25) is 5.02 Å². The van der Waals surface area contributed by atoms with Gasteiger partial charge < -0.3 is 5.32 Å². The van der Waals surface area contributed by atoms with E-state index in [2.05, 4.69) is 56.1 Å². The summed E-state index contributed by atoms with van der Waals surface area (Å²) in [7, 11) is 0. The Balaban J connectivity index is 2.14. The second-order valence-corrected chi connectivity index (χ2v) is 6.62. The zero-order valence-corrected chi connectivity index (χ0v) is 13.9. The lowest BCUT2D eigenvalue weighted by molar-refractivity contribution is 0.0746. The van der Waals surface area contributed by atoms with Gasteiger partial charge in [0.2, 0.25) is 0 Å². The van der Waals surface area contributed by atoms with Crippen molar-refractivity contribution in [2.24, 2.45) is 0 Å². The number of nitrogens with zero attached hydrogens (tertiary/aromatic N) is 1. The summed E-state index contributed by atoms with van der Waals surface area (Å²) in [6.45, 7) is 12.1. The van der Waals surface area contributed by atoms with E-state index in [1.54, 1.807) is 0 Å². The fraction of sp³-hybridized carbons (Fsp3) is 0.647. The lowest BCUT2D eigenvalue weighted by atomic mass is 9.88. The number of halogens is 1.